The van der Waals surface area contributed by atoms with Crippen LogP contribution in [0.2, 0.25) is 0 Å². The quantitative estimate of drug-likeness (QED) is 0.753. The van der Waals surface area contributed by atoms with E-state index in [0.717, 1.165) is 37.6 Å². The highest BCUT2D eigenvalue weighted by molar-refractivity contribution is 5.75. The van der Waals surface area contributed by atoms with E-state index in [1.807, 2.05) is 26.1 Å². The normalized spacial score (nSPS) is 15.3. The molecule has 1 aliphatic heterocycles. The summed E-state index contributed by atoms with van der Waals surface area (Å²) in [6.07, 6.45) is 2.43. The molecule has 2 aromatic heterocycles. The molecular weight excluding hydrogens is 357 g/mol. The third kappa shape index (κ3) is 3.62. The Morgan fingerprint density at radius 1 is 1.14 bits per heavy atom. The highest BCUT2D eigenvalue weighted by Gasteiger charge is 2.20. The summed E-state index contributed by atoms with van der Waals surface area (Å²) >= 11 is 0. The van der Waals surface area contributed by atoms with E-state index in [1.54, 1.807) is 12.1 Å². The zero-order valence-corrected chi connectivity index (χ0v) is 16.2. The molecule has 0 amide bonds. The molecular formula is C21H24FN5O. The van der Waals surface area contributed by atoms with Gasteiger partial charge in [0.2, 0.25) is 0 Å². The highest BCUT2D eigenvalue weighted by atomic mass is 19.1. The molecule has 3 heterocycles. The summed E-state index contributed by atoms with van der Waals surface area (Å²) in [7, 11) is 0. The number of anilines is 1. The Morgan fingerprint density at radius 3 is 2.61 bits per heavy atom. The molecule has 1 N–H and O–H groups in total. The van der Waals surface area contributed by atoms with Gasteiger partial charge in [-0.05, 0) is 31.5 Å². The van der Waals surface area contributed by atoms with Gasteiger partial charge in [0, 0.05) is 44.0 Å². The zero-order valence-electron chi connectivity index (χ0n) is 16.2. The van der Waals surface area contributed by atoms with Crippen LogP contribution < -0.4 is 10.5 Å². The Morgan fingerprint density at radius 2 is 1.93 bits per heavy atom. The van der Waals surface area contributed by atoms with Crippen LogP contribution in [0.5, 0.6) is 0 Å². The highest BCUT2D eigenvalue weighted by Crippen LogP contribution is 2.21. The average Bonchev–Trinajstić information content (AvgIpc) is 2.71. The number of rotatable bonds is 4. The van der Waals surface area contributed by atoms with Crippen molar-refractivity contribution in [2.45, 2.75) is 26.8 Å². The molecule has 1 aromatic carbocycles. The van der Waals surface area contributed by atoms with Crippen molar-refractivity contribution in [3.8, 4) is 0 Å². The average molecular weight is 381 g/mol. The fourth-order valence-corrected chi connectivity index (χ4v) is 3.62. The summed E-state index contributed by atoms with van der Waals surface area (Å²) in [5.41, 5.74) is 3.52. The lowest BCUT2D eigenvalue weighted by molar-refractivity contribution is 0.247. The molecule has 0 aliphatic carbocycles. The zero-order chi connectivity index (χ0) is 19.7. The summed E-state index contributed by atoms with van der Waals surface area (Å²) in [6, 6.07) is 7.68. The number of piperazine rings is 1. The summed E-state index contributed by atoms with van der Waals surface area (Å²) in [5.74, 6) is -0.380. The van der Waals surface area contributed by atoms with Gasteiger partial charge in [-0.15, -0.1) is 0 Å². The predicted molar refractivity (Wildman–Crippen MR) is 108 cm³/mol. The first kappa shape index (κ1) is 18.6. The molecule has 0 radical (unpaired) electrons. The van der Waals surface area contributed by atoms with Gasteiger partial charge in [-0.3, -0.25) is 14.7 Å². The summed E-state index contributed by atoms with van der Waals surface area (Å²) in [6.45, 7) is 7.78. The number of H-pyrrole nitrogens is 1. The Balaban J connectivity index is 1.47. The molecule has 28 heavy (non-hydrogen) atoms. The molecule has 6 nitrogen and oxygen atoms in total. The lowest BCUT2D eigenvalue weighted by Gasteiger charge is -2.36. The van der Waals surface area contributed by atoms with Crippen molar-refractivity contribution in [2.24, 2.45) is 0 Å². The van der Waals surface area contributed by atoms with Crippen LogP contribution in [0.15, 0.2) is 35.3 Å². The van der Waals surface area contributed by atoms with Crippen LogP contribution >= 0.6 is 0 Å². The van der Waals surface area contributed by atoms with Crippen LogP contribution in [-0.4, -0.2) is 46.0 Å². The van der Waals surface area contributed by atoms with Crippen molar-refractivity contribution in [1.29, 1.82) is 0 Å². The standard InChI is InChI=1S/C21H24FN5O/c1-3-17-21(28)25-20-18(24-17)7-5-15(19(20)22)13-26-8-10-27(11-9-26)16-6-4-14(2)23-12-16/h4-7,12H,3,8-11,13H2,1-2H3,(H,25,28). The van der Waals surface area contributed by atoms with Crippen molar-refractivity contribution >= 4 is 16.7 Å². The molecule has 1 saturated heterocycles. The van der Waals surface area contributed by atoms with Crippen molar-refractivity contribution in [3.63, 3.8) is 0 Å². The number of hydrogen-bond acceptors (Lipinski definition) is 5. The van der Waals surface area contributed by atoms with E-state index in [-0.39, 0.29) is 16.9 Å². The van der Waals surface area contributed by atoms with Gasteiger partial charge in [0.25, 0.3) is 5.56 Å². The van der Waals surface area contributed by atoms with Crippen LogP contribution in [0, 0.1) is 12.7 Å². The van der Waals surface area contributed by atoms with E-state index in [2.05, 4.69) is 30.8 Å². The van der Waals surface area contributed by atoms with Gasteiger partial charge in [0.1, 0.15) is 11.2 Å². The summed E-state index contributed by atoms with van der Waals surface area (Å²) in [5, 5.41) is 0. The van der Waals surface area contributed by atoms with Crippen molar-refractivity contribution in [3.05, 3.63) is 63.6 Å². The number of aromatic nitrogens is 3. The minimum atomic E-state index is -0.380. The van der Waals surface area contributed by atoms with Gasteiger partial charge in [-0.2, -0.15) is 0 Å². The predicted octanol–water partition coefficient (Wildman–Crippen LogP) is 2.65. The number of halogens is 1. The van der Waals surface area contributed by atoms with Crippen molar-refractivity contribution < 1.29 is 4.39 Å². The monoisotopic (exact) mass is 381 g/mol. The smallest absolute Gasteiger partial charge is 0.270 e. The molecule has 146 valence electrons. The Labute approximate surface area is 163 Å². The molecule has 4 rings (SSSR count). The third-order valence-corrected chi connectivity index (χ3v) is 5.32. The molecule has 0 spiro atoms. The Bertz CT molecular complexity index is 1040. The Hall–Kier alpha value is -2.80. The van der Waals surface area contributed by atoms with Crippen LogP contribution in [0.1, 0.15) is 23.9 Å². The first-order valence-corrected chi connectivity index (χ1v) is 9.65. The van der Waals surface area contributed by atoms with Crippen LogP contribution in [0.4, 0.5) is 10.1 Å². The lowest BCUT2D eigenvalue weighted by atomic mass is 10.1. The first-order chi connectivity index (χ1) is 13.5. The van der Waals surface area contributed by atoms with E-state index in [9.17, 15) is 9.18 Å². The second-order valence-corrected chi connectivity index (χ2v) is 7.22. The maximum Gasteiger partial charge on any atom is 0.270 e. The maximum absolute atomic E-state index is 15.0. The van der Waals surface area contributed by atoms with E-state index in [1.165, 1.54) is 0 Å². The van der Waals surface area contributed by atoms with Gasteiger partial charge in [-0.1, -0.05) is 13.0 Å². The number of nitrogens with zero attached hydrogens (tertiary/aromatic N) is 4. The lowest BCUT2D eigenvalue weighted by Crippen LogP contribution is -2.46. The molecule has 1 fully saturated rings. The maximum atomic E-state index is 15.0. The number of fused-ring (bicyclic) bond motifs is 1. The topological polar surface area (TPSA) is 65.1 Å². The molecule has 3 aromatic rings. The van der Waals surface area contributed by atoms with Crippen LogP contribution in [0.25, 0.3) is 11.0 Å². The number of nitrogens with one attached hydrogen (secondary N) is 1. The summed E-state index contributed by atoms with van der Waals surface area (Å²) in [4.78, 5) is 27.8. The van der Waals surface area contributed by atoms with Gasteiger partial charge in [0.05, 0.1) is 17.4 Å². The molecule has 0 atom stereocenters. The largest absolute Gasteiger partial charge is 0.368 e. The second-order valence-electron chi connectivity index (χ2n) is 7.22. The van der Waals surface area contributed by atoms with Crippen molar-refractivity contribution in [1.82, 2.24) is 19.9 Å². The minimum Gasteiger partial charge on any atom is -0.368 e. The van der Waals surface area contributed by atoms with E-state index >= 15 is 0 Å². The Kier molecular flexibility index (Phi) is 5.09. The van der Waals surface area contributed by atoms with E-state index in [4.69, 9.17) is 0 Å². The number of benzene rings is 1. The van der Waals surface area contributed by atoms with Gasteiger partial charge >= 0.3 is 0 Å². The number of hydrogen-bond donors (Lipinski definition) is 1. The van der Waals surface area contributed by atoms with Gasteiger partial charge < -0.3 is 9.88 Å². The molecule has 0 unspecified atom stereocenters. The molecule has 1 aliphatic rings. The summed E-state index contributed by atoms with van der Waals surface area (Å²) < 4.78 is 15.0. The minimum absolute atomic E-state index is 0.198. The molecule has 0 saturated carbocycles. The van der Waals surface area contributed by atoms with E-state index in [0.29, 0.717) is 29.7 Å². The third-order valence-electron chi connectivity index (χ3n) is 5.32. The van der Waals surface area contributed by atoms with Crippen molar-refractivity contribution in [2.75, 3.05) is 31.1 Å². The van der Waals surface area contributed by atoms with Gasteiger partial charge in [0.15, 0.2) is 5.82 Å². The SMILES string of the molecule is CCc1nc2ccc(CN3CCN(c4ccc(C)nc4)CC3)c(F)c2[nH]c1=O. The fourth-order valence-electron chi connectivity index (χ4n) is 3.62. The molecule has 7 heteroatoms. The van der Waals surface area contributed by atoms with E-state index < -0.39 is 0 Å². The first-order valence-electron chi connectivity index (χ1n) is 9.65. The number of pyridine rings is 1. The van der Waals surface area contributed by atoms with Crippen LogP contribution in [-0.2, 0) is 13.0 Å². The number of aromatic amines is 1. The second kappa shape index (κ2) is 7.67. The molecule has 0 bridgehead atoms. The number of aryl methyl sites for hydroxylation is 2. The van der Waals surface area contributed by atoms with Gasteiger partial charge in [-0.25, -0.2) is 9.37 Å². The fraction of sp³-hybridized carbons (Fsp3) is 0.381. The van der Waals surface area contributed by atoms with Crippen LogP contribution in [0.3, 0.4) is 0 Å².